The number of nitrogens with one attached hydrogen (secondary N) is 1. The second kappa shape index (κ2) is 8.65. The van der Waals surface area contributed by atoms with Crippen molar-refractivity contribution in [3.8, 4) is 5.75 Å². The fraction of sp³-hybridized carbons (Fsp3) is 0.217. The molecule has 0 aliphatic carbocycles. The molecular weight excluding hydrogens is 368 g/mol. The molecule has 1 N–H and O–H groups in total. The zero-order chi connectivity index (χ0) is 20.1. The Kier molecular flexibility index (Phi) is 5.61. The highest BCUT2D eigenvalue weighted by molar-refractivity contribution is 5.96. The molecule has 1 aliphatic rings. The Bertz CT molecular complexity index is 970. The first-order chi connectivity index (χ1) is 14.2. The van der Waals surface area contributed by atoms with E-state index in [-0.39, 0.29) is 17.6 Å². The van der Waals surface area contributed by atoms with Crippen molar-refractivity contribution in [3.63, 3.8) is 0 Å². The number of rotatable bonds is 6. The van der Waals surface area contributed by atoms with Gasteiger partial charge in [-0.1, -0.05) is 42.5 Å². The first kappa shape index (κ1) is 18.8. The van der Waals surface area contributed by atoms with E-state index in [2.05, 4.69) is 5.32 Å². The Balaban J connectivity index is 1.43. The Hall–Kier alpha value is -3.54. The van der Waals surface area contributed by atoms with Crippen LogP contribution >= 0.6 is 0 Å². The molecule has 1 unspecified atom stereocenters. The van der Waals surface area contributed by atoms with Crippen LogP contribution in [0.1, 0.15) is 21.7 Å². The molecular formula is C23H22N2O4. The van der Waals surface area contributed by atoms with Gasteiger partial charge < -0.3 is 19.4 Å². The van der Waals surface area contributed by atoms with Crippen LogP contribution in [0.25, 0.3) is 0 Å². The quantitative estimate of drug-likeness (QED) is 0.657. The first-order valence-electron chi connectivity index (χ1n) is 9.59. The number of amides is 2. The fourth-order valence-corrected chi connectivity index (χ4v) is 3.49. The van der Waals surface area contributed by atoms with Gasteiger partial charge in [0.05, 0.1) is 12.8 Å². The van der Waals surface area contributed by atoms with E-state index in [4.69, 9.17) is 9.15 Å². The zero-order valence-corrected chi connectivity index (χ0v) is 15.9. The number of ether oxygens (including phenoxy) is 1. The molecule has 1 aromatic heterocycles. The summed E-state index contributed by atoms with van der Waals surface area (Å²) in [7, 11) is 0. The first-order valence-corrected chi connectivity index (χ1v) is 9.59. The highest BCUT2D eigenvalue weighted by Gasteiger charge is 2.35. The van der Waals surface area contributed by atoms with E-state index in [9.17, 15) is 9.59 Å². The number of nitrogens with zero attached hydrogens (tertiary/aromatic N) is 1. The maximum atomic E-state index is 12.9. The van der Waals surface area contributed by atoms with Gasteiger partial charge in [-0.3, -0.25) is 9.59 Å². The summed E-state index contributed by atoms with van der Waals surface area (Å²) >= 11 is 0. The van der Waals surface area contributed by atoms with Crippen LogP contribution in [0.2, 0.25) is 0 Å². The van der Waals surface area contributed by atoms with Crippen LogP contribution in [0.5, 0.6) is 5.75 Å². The third-order valence-corrected chi connectivity index (χ3v) is 4.96. The Labute approximate surface area is 169 Å². The third kappa shape index (κ3) is 4.32. The van der Waals surface area contributed by atoms with Crippen LogP contribution in [0.15, 0.2) is 77.4 Å². The Morgan fingerprint density at radius 1 is 1.00 bits per heavy atom. The molecule has 2 aromatic carbocycles. The van der Waals surface area contributed by atoms with Gasteiger partial charge in [0.2, 0.25) is 5.91 Å². The average Bonchev–Trinajstić information content (AvgIpc) is 3.31. The molecule has 0 spiro atoms. The normalized spacial score (nSPS) is 15.4. The van der Waals surface area contributed by atoms with E-state index in [0.717, 1.165) is 16.9 Å². The molecule has 6 nitrogen and oxygen atoms in total. The topological polar surface area (TPSA) is 71.8 Å². The maximum Gasteiger partial charge on any atom is 0.290 e. The largest absolute Gasteiger partial charge is 0.492 e. The van der Waals surface area contributed by atoms with Crippen LogP contribution in [0.4, 0.5) is 0 Å². The van der Waals surface area contributed by atoms with E-state index in [1.165, 1.54) is 6.26 Å². The number of benzene rings is 2. The molecule has 2 heterocycles. The van der Waals surface area contributed by atoms with E-state index in [1.54, 1.807) is 17.0 Å². The van der Waals surface area contributed by atoms with E-state index in [1.807, 2.05) is 54.6 Å². The van der Waals surface area contributed by atoms with E-state index >= 15 is 0 Å². The van der Waals surface area contributed by atoms with Crippen molar-refractivity contribution in [2.75, 3.05) is 13.2 Å². The van der Waals surface area contributed by atoms with Gasteiger partial charge in [0.1, 0.15) is 18.4 Å². The molecule has 4 rings (SSSR count). The molecule has 1 aliphatic heterocycles. The number of para-hydroxylation sites is 1. The molecule has 1 atom stereocenters. The third-order valence-electron chi connectivity index (χ3n) is 4.96. The second-order valence-corrected chi connectivity index (χ2v) is 6.85. The maximum absolute atomic E-state index is 12.9. The summed E-state index contributed by atoms with van der Waals surface area (Å²) < 4.78 is 10.9. The van der Waals surface area contributed by atoms with Crippen molar-refractivity contribution < 1.29 is 18.7 Å². The van der Waals surface area contributed by atoms with Crippen molar-refractivity contribution in [2.24, 2.45) is 0 Å². The van der Waals surface area contributed by atoms with Crippen LogP contribution in [0.3, 0.4) is 0 Å². The number of carbonyl (C=O) groups is 2. The predicted molar refractivity (Wildman–Crippen MR) is 107 cm³/mol. The van der Waals surface area contributed by atoms with Gasteiger partial charge in [-0.25, -0.2) is 0 Å². The van der Waals surface area contributed by atoms with Crippen molar-refractivity contribution in [2.45, 2.75) is 19.0 Å². The van der Waals surface area contributed by atoms with Crippen LogP contribution < -0.4 is 10.1 Å². The smallest absolute Gasteiger partial charge is 0.290 e. The molecule has 0 fully saturated rings. The molecule has 29 heavy (non-hydrogen) atoms. The lowest BCUT2D eigenvalue weighted by atomic mass is 9.93. The molecule has 6 heteroatoms. The van der Waals surface area contributed by atoms with Crippen LogP contribution in [0, 0.1) is 0 Å². The monoisotopic (exact) mass is 390 g/mol. The van der Waals surface area contributed by atoms with Gasteiger partial charge >= 0.3 is 0 Å². The molecule has 2 amide bonds. The lowest BCUT2D eigenvalue weighted by Gasteiger charge is -2.35. The van der Waals surface area contributed by atoms with Crippen molar-refractivity contribution in [1.29, 1.82) is 0 Å². The van der Waals surface area contributed by atoms with Gasteiger partial charge in [-0.2, -0.15) is 0 Å². The number of furan rings is 1. The summed E-state index contributed by atoms with van der Waals surface area (Å²) in [6.45, 7) is 1.08. The number of carbonyl (C=O) groups excluding carboxylic acids is 2. The standard InChI is InChI=1S/C23H22N2O4/c26-22(24-12-14-28-19-9-2-1-3-10-19)20-15-17-7-4-5-8-18(17)16-25(20)23(27)21-11-6-13-29-21/h1-11,13,20H,12,14-16H2,(H,24,26). The highest BCUT2D eigenvalue weighted by atomic mass is 16.5. The van der Waals surface area contributed by atoms with E-state index < -0.39 is 6.04 Å². The molecule has 0 saturated heterocycles. The lowest BCUT2D eigenvalue weighted by Crippen LogP contribution is -2.53. The van der Waals surface area contributed by atoms with Crippen molar-refractivity contribution >= 4 is 11.8 Å². The van der Waals surface area contributed by atoms with E-state index in [0.29, 0.717) is 26.1 Å². The van der Waals surface area contributed by atoms with Gasteiger partial charge in [0.15, 0.2) is 5.76 Å². The summed E-state index contributed by atoms with van der Waals surface area (Å²) in [5.41, 5.74) is 2.13. The van der Waals surface area contributed by atoms with Gasteiger partial charge in [0.25, 0.3) is 5.91 Å². The Morgan fingerprint density at radius 3 is 2.52 bits per heavy atom. The van der Waals surface area contributed by atoms with Crippen LogP contribution in [-0.4, -0.2) is 35.9 Å². The van der Waals surface area contributed by atoms with Gasteiger partial charge in [0, 0.05) is 13.0 Å². The lowest BCUT2D eigenvalue weighted by molar-refractivity contribution is -0.126. The molecule has 148 valence electrons. The molecule has 3 aromatic rings. The van der Waals surface area contributed by atoms with Crippen molar-refractivity contribution in [3.05, 3.63) is 89.9 Å². The summed E-state index contributed by atoms with van der Waals surface area (Å²) in [6, 6.07) is 20.0. The second-order valence-electron chi connectivity index (χ2n) is 6.85. The summed E-state index contributed by atoms with van der Waals surface area (Å²) in [5, 5.41) is 2.90. The minimum atomic E-state index is -0.598. The summed E-state index contributed by atoms with van der Waals surface area (Å²) in [4.78, 5) is 27.4. The highest BCUT2D eigenvalue weighted by Crippen LogP contribution is 2.25. The number of fused-ring (bicyclic) bond motifs is 1. The van der Waals surface area contributed by atoms with Gasteiger partial charge in [-0.15, -0.1) is 0 Å². The Morgan fingerprint density at radius 2 is 1.76 bits per heavy atom. The molecule has 0 bridgehead atoms. The number of hydrogen-bond donors (Lipinski definition) is 1. The average molecular weight is 390 g/mol. The molecule has 0 radical (unpaired) electrons. The minimum Gasteiger partial charge on any atom is -0.492 e. The zero-order valence-electron chi connectivity index (χ0n) is 15.9. The summed E-state index contributed by atoms with van der Waals surface area (Å²) in [6.07, 6.45) is 1.93. The summed E-state index contributed by atoms with van der Waals surface area (Å²) in [5.74, 6) is 0.499. The fourth-order valence-electron chi connectivity index (χ4n) is 3.49. The van der Waals surface area contributed by atoms with Crippen LogP contribution in [-0.2, 0) is 17.8 Å². The van der Waals surface area contributed by atoms with Gasteiger partial charge in [-0.05, 0) is 35.4 Å². The minimum absolute atomic E-state index is 0.198. The molecule has 0 saturated carbocycles. The SMILES string of the molecule is O=C(NCCOc1ccccc1)C1Cc2ccccc2CN1C(=O)c1ccco1. The van der Waals surface area contributed by atoms with Crippen molar-refractivity contribution in [1.82, 2.24) is 10.2 Å². The predicted octanol–water partition coefficient (Wildman–Crippen LogP) is 3.04. The number of hydrogen-bond acceptors (Lipinski definition) is 4.